The summed E-state index contributed by atoms with van der Waals surface area (Å²) in [6.45, 7) is 2.12. The zero-order valence-electron chi connectivity index (χ0n) is 5.56. The highest BCUT2D eigenvalue weighted by atomic mass is 14.1. The van der Waals surface area contributed by atoms with E-state index in [1.807, 2.05) is 0 Å². The normalized spacial score (nSPS) is 19.6. The Morgan fingerprint density at radius 2 is 2.25 bits per heavy atom. The van der Waals surface area contributed by atoms with Crippen molar-refractivity contribution in [1.82, 2.24) is 0 Å². The summed E-state index contributed by atoms with van der Waals surface area (Å²) in [4.78, 5) is 0. The van der Waals surface area contributed by atoms with Crippen molar-refractivity contribution in [2.45, 2.75) is 38.1 Å². The van der Waals surface area contributed by atoms with E-state index in [0.29, 0.717) is 0 Å². The fourth-order valence-electron chi connectivity index (χ4n) is 1.00. The van der Waals surface area contributed by atoms with Crippen molar-refractivity contribution in [2.75, 3.05) is 0 Å². The van der Waals surface area contributed by atoms with E-state index in [1.165, 1.54) is 25.5 Å². The maximum atomic E-state index is 2.43. The van der Waals surface area contributed by atoms with Crippen LogP contribution in [0.3, 0.4) is 0 Å². The molecule has 1 saturated carbocycles. The highest BCUT2D eigenvalue weighted by Gasteiger charge is 2.16. The summed E-state index contributed by atoms with van der Waals surface area (Å²) in [7, 11) is 4.65. The first-order valence-electron chi connectivity index (χ1n) is 3.54. The Bertz CT molecular complexity index is 59.5. The van der Waals surface area contributed by atoms with Gasteiger partial charge in [0.25, 0.3) is 0 Å². The van der Waals surface area contributed by atoms with Gasteiger partial charge in [-0.05, 0) is 0 Å². The maximum absolute atomic E-state index is 2.43. The fraction of sp³-hybridized carbons (Fsp3) is 1.00. The van der Waals surface area contributed by atoms with Crippen LogP contribution in [-0.4, -0.2) is 14.6 Å². The summed E-state index contributed by atoms with van der Waals surface area (Å²) in [5, 5.41) is 0. The van der Waals surface area contributed by atoms with E-state index < -0.39 is 0 Å². The maximum Gasteiger partial charge on any atom is 0.105 e. The Hall–Kier alpha value is 0.130. The highest BCUT2D eigenvalue weighted by molar-refractivity contribution is 6.56. The first-order chi connectivity index (χ1) is 3.93. The fourth-order valence-corrected chi connectivity index (χ4v) is 1.00. The molecule has 1 aliphatic carbocycles. The Morgan fingerprint density at radius 3 is 2.62 bits per heavy atom. The van der Waals surface area contributed by atoms with Crippen LogP contribution in [0.25, 0.3) is 0 Å². The Morgan fingerprint density at radius 1 is 1.50 bits per heavy atom. The summed E-state index contributed by atoms with van der Waals surface area (Å²) in [6.07, 6.45) is 5.58. The lowest BCUT2D eigenvalue weighted by atomic mass is 9.46. The molecule has 0 N–H and O–H groups in total. The van der Waals surface area contributed by atoms with E-state index >= 15 is 0 Å². The quantitative estimate of drug-likeness (QED) is 0.481. The monoisotopic (exact) mass is 106 g/mol. The minimum absolute atomic E-state index is 0.978. The SMILES string of the molecule is C[B]C[B]C1CCC1. The molecule has 1 rings (SSSR count). The molecule has 0 aromatic carbocycles. The van der Waals surface area contributed by atoms with Crippen LogP contribution in [-0.2, 0) is 0 Å². The van der Waals surface area contributed by atoms with Crippen molar-refractivity contribution >= 4 is 14.6 Å². The lowest BCUT2D eigenvalue weighted by Gasteiger charge is -2.24. The number of hydrogen-bond acceptors (Lipinski definition) is 0. The van der Waals surface area contributed by atoms with Gasteiger partial charge in [0, 0.05) is 0 Å². The van der Waals surface area contributed by atoms with Crippen molar-refractivity contribution in [3.05, 3.63) is 0 Å². The van der Waals surface area contributed by atoms with Gasteiger partial charge < -0.3 is 0 Å². The van der Waals surface area contributed by atoms with Gasteiger partial charge in [0.1, 0.15) is 7.28 Å². The topological polar surface area (TPSA) is 0 Å². The average Bonchev–Trinajstić information content (AvgIpc) is 1.63. The number of hydrogen-bond donors (Lipinski definition) is 0. The van der Waals surface area contributed by atoms with Crippen molar-refractivity contribution in [3.8, 4) is 0 Å². The van der Waals surface area contributed by atoms with E-state index in [9.17, 15) is 0 Å². The van der Waals surface area contributed by atoms with Crippen LogP contribution >= 0.6 is 0 Å². The number of rotatable bonds is 3. The van der Waals surface area contributed by atoms with Gasteiger partial charge in [-0.2, -0.15) is 0 Å². The summed E-state index contributed by atoms with van der Waals surface area (Å²) >= 11 is 0. The molecule has 0 aromatic heterocycles. The van der Waals surface area contributed by atoms with E-state index in [0.717, 1.165) is 5.82 Å². The molecule has 42 valence electrons. The third-order valence-corrected chi connectivity index (χ3v) is 1.85. The highest BCUT2D eigenvalue weighted by Crippen LogP contribution is 2.31. The third kappa shape index (κ3) is 1.57. The molecule has 1 fully saturated rings. The van der Waals surface area contributed by atoms with Crippen LogP contribution in [0, 0.1) is 0 Å². The van der Waals surface area contributed by atoms with Gasteiger partial charge >= 0.3 is 0 Å². The summed E-state index contributed by atoms with van der Waals surface area (Å²) < 4.78 is 0. The largest absolute Gasteiger partial charge is 0.107 e. The Balaban J connectivity index is 1.86. The minimum atomic E-state index is 0.978. The van der Waals surface area contributed by atoms with Gasteiger partial charge in [-0.15, -0.1) is 6.22 Å². The molecular weight excluding hydrogens is 93.7 g/mol. The standard InChI is InChI=1S/C6H12B2/c1-7-5-8-6-3-2-4-6/h6H,2-5H2,1H3. The van der Waals surface area contributed by atoms with Crippen molar-refractivity contribution < 1.29 is 0 Å². The van der Waals surface area contributed by atoms with Gasteiger partial charge in [0.05, 0.1) is 7.28 Å². The minimum Gasteiger partial charge on any atom is -0.107 e. The van der Waals surface area contributed by atoms with E-state index in [-0.39, 0.29) is 0 Å². The molecule has 0 bridgehead atoms. The summed E-state index contributed by atoms with van der Waals surface area (Å²) in [6, 6.07) is 0. The molecule has 0 amide bonds. The van der Waals surface area contributed by atoms with E-state index in [2.05, 4.69) is 21.4 Å². The lowest BCUT2D eigenvalue weighted by molar-refractivity contribution is 0.499. The van der Waals surface area contributed by atoms with Crippen LogP contribution in [0.5, 0.6) is 0 Å². The van der Waals surface area contributed by atoms with E-state index in [1.54, 1.807) is 0 Å². The second kappa shape index (κ2) is 3.21. The van der Waals surface area contributed by atoms with Gasteiger partial charge in [-0.1, -0.05) is 31.9 Å². The van der Waals surface area contributed by atoms with Crippen LogP contribution < -0.4 is 0 Å². The van der Waals surface area contributed by atoms with Gasteiger partial charge in [-0.3, -0.25) is 0 Å². The summed E-state index contributed by atoms with van der Waals surface area (Å²) in [5.74, 6) is 0.978. The average molecular weight is 106 g/mol. The van der Waals surface area contributed by atoms with Gasteiger partial charge in [0.15, 0.2) is 0 Å². The molecule has 0 unspecified atom stereocenters. The predicted octanol–water partition coefficient (Wildman–Crippen LogP) is 1.79. The zero-order chi connectivity index (χ0) is 5.82. The molecule has 1 aliphatic rings. The molecule has 2 heteroatoms. The molecule has 0 heterocycles. The molecular formula is C6H12B2. The van der Waals surface area contributed by atoms with Crippen LogP contribution in [0.4, 0.5) is 0 Å². The van der Waals surface area contributed by atoms with Crippen LogP contribution in [0.1, 0.15) is 19.3 Å². The van der Waals surface area contributed by atoms with Gasteiger partial charge in [0.2, 0.25) is 0 Å². The molecule has 2 radical (unpaired) electrons. The Labute approximate surface area is 53.5 Å². The Kier molecular flexibility index (Phi) is 2.51. The first-order valence-corrected chi connectivity index (χ1v) is 3.54. The molecule has 8 heavy (non-hydrogen) atoms. The molecule has 0 nitrogen and oxygen atoms in total. The smallest absolute Gasteiger partial charge is 0.105 e. The van der Waals surface area contributed by atoms with Crippen LogP contribution in [0.15, 0.2) is 0 Å². The second-order valence-electron chi connectivity index (χ2n) is 2.57. The molecule has 0 atom stereocenters. The van der Waals surface area contributed by atoms with Crippen molar-refractivity contribution in [3.63, 3.8) is 0 Å². The third-order valence-electron chi connectivity index (χ3n) is 1.85. The summed E-state index contributed by atoms with van der Waals surface area (Å²) in [5.41, 5.74) is 0. The first kappa shape index (κ1) is 6.25. The second-order valence-corrected chi connectivity index (χ2v) is 2.57. The molecule has 0 aliphatic heterocycles. The molecule has 0 aromatic rings. The van der Waals surface area contributed by atoms with E-state index in [4.69, 9.17) is 0 Å². The van der Waals surface area contributed by atoms with Crippen molar-refractivity contribution in [2.24, 2.45) is 0 Å². The lowest BCUT2D eigenvalue weighted by Crippen LogP contribution is -2.12. The van der Waals surface area contributed by atoms with Crippen molar-refractivity contribution in [1.29, 1.82) is 0 Å². The zero-order valence-corrected chi connectivity index (χ0v) is 5.56. The molecule has 0 spiro atoms. The predicted molar refractivity (Wildman–Crippen MR) is 39.8 cm³/mol. The van der Waals surface area contributed by atoms with Gasteiger partial charge in [-0.25, -0.2) is 0 Å². The molecule has 0 saturated heterocycles. The van der Waals surface area contributed by atoms with Crippen LogP contribution in [0.2, 0.25) is 18.9 Å².